The molecule has 2 N–H and O–H groups in total. The molecule has 1 aliphatic carbocycles. The van der Waals surface area contributed by atoms with E-state index in [2.05, 4.69) is 0 Å². The Morgan fingerprint density at radius 3 is 2.60 bits per heavy atom. The van der Waals surface area contributed by atoms with Crippen molar-refractivity contribution in [2.24, 2.45) is 5.73 Å². The van der Waals surface area contributed by atoms with Gasteiger partial charge in [0.05, 0.1) is 19.6 Å². The van der Waals surface area contributed by atoms with E-state index in [1.54, 1.807) is 0 Å². The first-order chi connectivity index (χ1) is 7.18. The molecule has 0 amide bonds. The highest BCUT2D eigenvalue weighted by molar-refractivity contribution is 5.71. The summed E-state index contributed by atoms with van der Waals surface area (Å²) in [6.45, 7) is 1.40. The molecule has 0 radical (unpaired) electrons. The fourth-order valence-corrected chi connectivity index (χ4v) is 2.12. The Morgan fingerprint density at radius 2 is 2.07 bits per heavy atom. The normalized spacial score (nSPS) is 25.7. The molecule has 1 saturated heterocycles. The highest BCUT2D eigenvalue weighted by Gasteiger charge is 2.35. The van der Waals surface area contributed by atoms with Crippen molar-refractivity contribution < 1.29 is 14.3 Å². The monoisotopic (exact) mass is 213 g/mol. The summed E-state index contributed by atoms with van der Waals surface area (Å²) in [6, 6.07) is 0. The van der Waals surface area contributed by atoms with Crippen molar-refractivity contribution in [3.05, 3.63) is 0 Å². The summed E-state index contributed by atoms with van der Waals surface area (Å²) >= 11 is 0. The van der Waals surface area contributed by atoms with Crippen LogP contribution >= 0.6 is 0 Å². The maximum atomic E-state index is 11.6. The quantitative estimate of drug-likeness (QED) is 0.710. The molecule has 0 aromatic carbocycles. The number of hydrogen-bond acceptors (Lipinski definition) is 4. The molecule has 0 spiro atoms. The molecule has 0 aromatic heterocycles. The second kappa shape index (κ2) is 4.49. The Bertz CT molecular complexity index is 232. The number of carbonyl (C=O) groups is 1. The highest BCUT2D eigenvalue weighted by atomic mass is 16.6. The van der Waals surface area contributed by atoms with Crippen LogP contribution in [0.25, 0.3) is 0 Å². The lowest BCUT2D eigenvalue weighted by Crippen LogP contribution is -2.48. The molecule has 0 aromatic rings. The van der Waals surface area contributed by atoms with Crippen molar-refractivity contribution in [1.29, 1.82) is 0 Å². The Morgan fingerprint density at radius 1 is 1.40 bits per heavy atom. The van der Waals surface area contributed by atoms with E-state index in [0.29, 0.717) is 19.6 Å². The van der Waals surface area contributed by atoms with Gasteiger partial charge in [-0.3, -0.25) is 4.79 Å². The Balaban J connectivity index is 1.71. The van der Waals surface area contributed by atoms with Crippen molar-refractivity contribution in [2.45, 2.75) is 50.2 Å². The standard InChI is InChI=1S/C11H19NO3/c12-11(4-1-5-11)8-10(13)15-9-2-6-14-7-3-9/h9H,1-8,12H2. The van der Waals surface area contributed by atoms with Gasteiger partial charge in [-0.1, -0.05) is 0 Å². The fraction of sp³-hybridized carbons (Fsp3) is 0.909. The van der Waals surface area contributed by atoms with Gasteiger partial charge in [-0.2, -0.15) is 0 Å². The van der Waals surface area contributed by atoms with Gasteiger partial charge < -0.3 is 15.2 Å². The summed E-state index contributed by atoms with van der Waals surface area (Å²) in [7, 11) is 0. The molecule has 86 valence electrons. The van der Waals surface area contributed by atoms with Gasteiger partial charge in [0.15, 0.2) is 0 Å². The van der Waals surface area contributed by atoms with E-state index in [1.165, 1.54) is 0 Å². The molecule has 0 unspecified atom stereocenters. The van der Waals surface area contributed by atoms with Crippen LogP contribution in [0, 0.1) is 0 Å². The minimum absolute atomic E-state index is 0.0509. The number of carbonyl (C=O) groups excluding carboxylic acids is 1. The fourth-order valence-electron chi connectivity index (χ4n) is 2.12. The first-order valence-electron chi connectivity index (χ1n) is 5.74. The molecular weight excluding hydrogens is 194 g/mol. The van der Waals surface area contributed by atoms with Gasteiger partial charge in [-0.05, 0) is 19.3 Å². The molecule has 1 heterocycles. The third-order valence-corrected chi connectivity index (χ3v) is 3.31. The number of rotatable bonds is 3. The second-order valence-corrected chi connectivity index (χ2v) is 4.69. The summed E-state index contributed by atoms with van der Waals surface area (Å²) in [5, 5.41) is 0. The molecule has 4 heteroatoms. The van der Waals surface area contributed by atoms with Crippen LogP contribution in [0.3, 0.4) is 0 Å². The molecule has 4 nitrogen and oxygen atoms in total. The summed E-state index contributed by atoms with van der Waals surface area (Å²) in [5.74, 6) is -0.135. The number of ether oxygens (including phenoxy) is 2. The minimum Gasteiger partial charge on any atom is -0.462 e. The van der Waals surface area contributed by atoms with Crippen molar-refractivity contribution >= 4 is 5.97 Å². The number of nitrogens with two attached hydrogens (primary N) is 1. The van der Waals surface area contributed by atoms with Gasteiger partial charge >= 0.3 is 5.97 Å². The van der Waals surface area contributed by atoms with Gasteiger partial charge in [0.25, 0.3) is 0 Å². The van der Waals surface area contributed by atoms with Gasteiger partial charge in [0, 0.05) is 18.4 Å². The lowest BCUT2D eigenvalue weighted by Gasteiger charge is -2.37. The molecule has 1 saturated carbocycles. The van der Waals surface area contributed by atoms with E-state index in [-0.39, 0.29) is 17.6 Å². The van der Waals surface area contributed by atoms with Crippen LogP contribution in [0.2, 0.25) is 0 Å². The topological polar surface area (TPSA) is 61.6 Å². The van der Waals surface area contributed by atoms with Gasteiger partial charge in [-0.25, -0.2) is 0 Å². The average Bonchev–Trinajstić information content (AvgIpc) is 2.16. The van der Waals surface area contributed by atoms with E-state index < -0.39 is 0 Å². The minimum atomic E-state index is -0.262. The van der Waals surface area contributed by atoms with Crippen molar-refractivity contribution in [1.82, 2.24) is 0 Å². The summed E-state index contributed by atoms with van der Waals surface area (Å²) in [6.07, 6.45) is 5.12. The van der Waals surface area contributed by atoms with E-state index >= 15 is 0 Å². The van der Waals surface area contributed by atoms with Crippen LogP contribution in [0.1, 0.15) is 38.5 Å². The van der Waals surface area contributed by atoms with Crippen LogP contribution in [-0.4, -0.2) is 30.8 Å². The predicted molar refractivity (Wildman–Crippen MR) is 55.3 cm³/mol. The van der Waals surface area contributed by atoms with Gasteiger partial charge in [0.2, 0.25) is 0 Å². The molecular formula is C11H19NO3. The summed E-state index contributed by atoms with van der Waals surface area (Å²) in [5.41, 5.74) is 5.72. The zero-order valence-corrected chi connectivity index (χ0v) is 9.04. The SMILES string of the molecule is NC1(CC(=O)OC2CCOCC2)CCC1. The maximum Gasteiger partial charge on any atom is 0.307 e. The summed E-state index contributed by atoms with van der Waals surface area (Å²) in [4.78, 5) is 11.6. The molecule has 1 aliphatic heterocycles. The zero-order valence-electron chi connectivity index (χ0n) is 9.04. The zero-order chi connectivity index (χ0) is 10.7. The third-order valence-electron chi connectivity index (χ3n) is 3.31. The van der Waals surface area contributed by atoms with E-state index in [9.17, 15) is 4.79 Å². The van der Waals surface area contributed by atoms with Gasteiger partial charge in [-0.15, -0.1) is 0 Å². The van der Waals surface area contributed by atoms with Crippen LogP contribution in [0.15, 0.2) is 0 Å². The average molecular weight is 213 g/mol. The molecule has 0 bridgehead atoms. The predicted octanol–water partition coefficient (Wildman–Crippen LogP) is 0.980. The largest absolute Gasteiger partial charge is 0.462 e. The summed E-state index contributed by atoms with van der Waals surface area (Å²) < 4.78 is 10.6. The Labute approximate surface area is 90.1 Å². The molecule has 15 heavy (non-hydrogen) atoms. The number of esters is 1. The molecule has 0 atom stereocenters. The highest BCUT2D eigenvalue weighted by Crippen LogP contribution is 2.32. The lowest BCUT2D eigenvalue weighted by atomic mass is 9.75. The van der Waals surface area contributed by atoms with Crippen LogP contribution in [-0.2, 0) is 14.3 Å². The van der Waals surface area contributed by atoms with Gasteiger partial charge in [0.1, 0.15) is 6.10 Å². The van der Waals surface area contributed by atoms with E-state index in [0.717, 1.165) is 32.1 Å². The van der Waals surface area contributed by atoms with Crippen LogP contribution in [0.5, 0.6) is 0 Å². The van der Waals surface area contributed by atoms with Crippen LogP contribution < -0.4 is 5.73 Å². The number of hydrogen-bond donors (Lipinski definition) is 1. The van der Waals surface area contributed by atoms with Crippen molar-refractivity contribution in [3.8, 4) is 0 Å². The Hall–Kier alpha value is -0.610. The molecule has 2 fully saturated rings. The first-order valence-corrected chi connectivity index (χ1v) is 5.74. The second-order valence-electron chi connectivity index (χ2n) is 4.69. The van der Waals surface area contributed by atoms with Crippen LogP contribution in [0.4, 0.5) is 0 Å². The smallest absolute Gasteiger partial charge is 0.307 e. The first kappa shape index (κ1) is 10.9. The van der Waals surface area contributed by atoms with E-state index in [1.807, 2.05) is 0 Å². The Kier molecular flexibility index (Phi) is 3.26. The van der Waals surface area contributed by atoms with Crippen molar-refractivity contribution in [3.63, 3.8) is 0 Å². The third kappa shape index (κ3) is 2.92. The molecule has 2 aliphatic rings. The maximum absolute atomic E-state index is 11.6. The van der Waals surface area contributed by atoms with E-state index in [4.69, 9.17) is 15.2 Å². The molecule has 2 rings (SSSR count). The van der Waals surface area contributed by atoms with Crippen molar-refractivity contribution in [2.75, 3.05) is 13.2 Å². The lowest BCUT2D eigenvalue weighted by molar-refractivity contribution is -0.155.